The number of amides is 1. The largest absolute Gasteiger partial charge is 0.488 e. The molecular formula is C29H41NO3. The van der Waals surface area contributed by atoms with Gasteiger partial charge in [0.25, 0.3) is 0 Å². The zero-order chi connectivity index (χ0) is 24.3. The fraction of sp³-hybridized carbons (Fsp3) is 0.483. The molecule has 180 valence electrons. The van der Waals surface area contributed by atoms with Crippen molar-refractivity contribution in [3.05, 3.63) is 65.7 Å². The second-order valence-electron chi connectivity index (χ2n) is 9.69. The van der Waals surface area contributed by atoms with Gasteiger partial charge in [0.1, 0.15) is 22.7 Å². The summed E-state index contributed by atoms with van der Waals surface area (Å²) in [6, 6.07) is 16.0. The predicted molar refractivity (Wildman–Crippen MR) is 138 cm³/mol. The molecule has 33 heavy (non-hydrogen) atoms. The zero-order valence-corrected chi connectivity index (χ0v) is 21.2. The second kappa shape index (κ2) is 12.5. The Hall–Kier alpha value is -2.75. The maximum absolute atomic E-state index is 12.0. The molecule has 0 bridgehead atoms. The van der Waals surface area contributed by atoms with Crippen molar-refractivity contribution in [1.82, 2.24) is 5.32 Å². The Morgan fingerprint density at radius 3 is 2.24 bits per heavy atom. The fourth-order valence-electron chi connectivity index (χ4n) is 3.11. The molecule has 2 rings (SSSR count). The molecule has 1 amide bonds. The van der Waals surface area contributed by atoms with E-state index in [9.17, 15) is 4.79 Å². The Labute approximate surface area is 200 Å². The minimum absolute atomic E-state index is 0.0624. The monoisotopic (exact) mass is 451 g/mol. The summed E-state index contributed by atoms with van der Waals surface area (Å²) in [6.07, 6.45) is 8.03. The number of unbranched alkanes of at least 4 members (excludes halogenated alkanes) is 1. The third-order valence-electron chi connectivity index (χ3n) is 5.92. The van der Waals surface area contributed by atoms with E-state index in [-0.39, 0.29) is 17.1 Å². The summed E-state index contributed by atoms with van der Waals surface area (Å²) in [4.78, 5) is 12.0. The highest BCUT2D eigenvalue weighted by atomic mass is 16.5. The van der Waals surface area contributed by atoms with Crippen LogP contribution < -0.4 is 14.8 Å². The molecule has 4 heteroatoms. The van der Waals surface area contributed by atoms with Crippen LogP contribution in [0.15, 0.2) is 54.6 Å². The quantitative estimate of drug-likeness (QED) is 0.264. The highest BCUT2D eigenvalue weighted by Crippen LogP contribution is 2.32. The molecule has 0 aliphatic carbocycles. The normalized spacial score (nSPS) is 12.1. The van der Waals surface area contributed by atoms with Crippen LogP contribution in [0.25, 0.3) is 6.08 Å². The minimum Gasteiger partial charge on any atom is -0.488 e. The molecule has 4 nitrogen and oxygen atoms in total. The summed E-state index contributed by atoms with van der Waals surface area (Å²) in [5, 5.41) is 2.97. The number of carbonyl (C=O) groups is 1. The van der Waals surface area contributed by atoms with Crippen molar-refractivity contribution in [2.45, 2.75) is 84.8 Å². The first-order valence-corrected chi connectivity index (χ1v) is 12.2. The molecule has 0 aliphatic rings. The first-order valence-electron chi connectivity index (χ1n) is 12.2. The van der Waals surface area contributed by atoms with Crippen LogP contribution in [-0.2, 0) is 11.2 Å². The van der Waals surface area contributed by atoms with Gasteiger partial charge in [-0.1, -0.05) is 50.2 Å². The van der Waals surface area contributed by atoms with Crippen molar-refractivity contribution < 1.29 is 14.3 Å². The number of aryl methyl sites for hydroxylation is 1. The summed E-state index contributed by atoms with van der Waals surface area (Å²) >= 11 is 0. The number of nitrogens with one attached hydrogen (secondary N) is 1. The van der Waals surface area contributed by atoms with Crippen molar-refractivity contribution in [3.63, 3.8) is 0 Å². The van der Waals surface area contributed by atoms with Crippen LogP contribution in [0.5, 0.6) is 11.5 Å². The minimum atomic E-state index is -0.243. The lowest BCUT2D eigenvalue weighted by molar-refractivity contribution is -0.116. The molecule has 0 radical (unpaired) electrons. The van der Waals surface area contributed by atoms with E-state index in [1.54, 1.807) is 6.08 Å². The third-order valence-corrected chi connectivity index (χ3v) is 5.92. The number of carbonyl (C=O) groups excluding carboxylic acids is 1. The maximum Gasteiger partial charge on any atom is 0.243 e. The molecule has 0 aliphatic heterocycles. The molecule has 0 unspecified atom stereocenters. The highest BCUT2D eigenvalue weighted by Gasteiger charge is 2.21. The Morgan fingerprint density at radius 1 is 0.909 bits per heavy atom. The standard InChI is InChI=1S/C29H41NO3/c1-7-28(3,4)32-25-19-18-24(26(22-25)33-29(5,6)8-2)16-12-13-21-30-27(31)20-17-23-14-10-9-11-15-23/h9-11,14-15,17-20,22H,7-8,12-13,16,21H2,1-6H3,(H,30,31)/b20-17+. The van der Waals surface area contributed by atoms with E-state index in [0.717, 1.165) is 49.2 Å². The molecule has 2 aromatic carbocycles. The van der Waals surface area contributed by atoms with E-state index >= 15 is 0 Å². The third kappa shape index (κ3) is 9.73. The van der Waals surface area contributed by atoms with Crippen LogP contribution in [0.2, 0.25) is 0 Å². The van der Waals surface area contributed by atoms with Gasteiger partial charge < -0.3 is 14.8 Å². The molecule has 0 fully saturated rings. The summed E-state index contributed by atoms with van der Waals surface area (Å²) in [5.41, 5.74) is 1.73. The topological polar surface area (TPSA) is 47.6 Å². The van der Waals surface area contributed by atoms with Crippen molar-refractivity contribution >= 4 is 12.0 Å². The lowest BCUT2D eigenvalue weighted by Crippen LogP contribution is -2.28. The smallest absolute Gasteiger partial charge is 0.243 e. The van der Waals surface area contributed by atoms with Crippen LogP contribution in [0, 0.1) is 0 Å². The highest BCUT2D eigenvalue weighted by molar-refractivity contribution is 5.91. The van der Waals surface area contributed by atoms with Gasteiger partial charge in [-0.25, -0.2) is 0 Å². The van der Waals surface area contributed by atoms with E-state index in [2.05, 4.69) is 52.9 Å². The lowest BCUT2D eigenvalue weighted by atomic mass is 10.0. The molecule has 0 atom stereocenters. The number of rotatable bonds is 13. The van der Waals surface area contributed by atoms with Gasteiger partial charge in [-0.05, 0) is 83.1 Å². The van der Waals surface area contributed by atoms with Crippen LogP contribution in [0.1, 0.15) is 78.4 Å². The van der Waals surface area contributed by atoms with E-state index in [1.807, 2.05) is 48.5 Å². The first kappa shape index (κ1) is 26.5. The van der Waals surface area contributed by atoms with Gasteiger partial charge in [0.2, 0.25) is 5.91 Å². The molecule has 0 aromatic heterocycles. The Bertz CT molecular complexity index is 900. The molecule has 0 heterocycles. The second-order valence-corrected chi connectivity index (χ2v) is 9.69. The Kier molecular flexibility index (Phi) is 10.0. The lowest BCUT2D eigenvalue weighted by Gasteiger charge is -2.29. The zero-order valence-electron chi connectivity index (χ0n) is 21.2. The average molecular weight is 452 g/mol. The predicted octanol–water partition coefficient (Wildman–Crippen LogP) is 6.97. The van der Waals surface area contributed by atoms with Gasteiger partial charge in [0.05, 0.1) is 0 Å². The summed E-state index contributed by atoms with van der Waals surface area (Å²) < 4.78 is 12.6. The van der Waals surface area contributed by atoms with Crippen molar-refractivity contribution in [1.29, 1.82) is 0 Å². The SMILES string of the molecule is CCC(C)(C)Oc1ccc(CCCCNC(=O)/C=C/c2ccccc2)c(OC(C)(C)CC)c1. The Morgan fingerprint density at radius 2 is 1.58 bits per heavy atom. The van der Waals surface area contributed by atoms with Crippen LogP contribution in [-0.4, -0.2) is 23.7 Å². The van der Waals surface area contributed by atoms with Gasteiger partial charge in [-0.2, -0.15) is 0 Å². The van der Waals surface area contributed by atoms with E-state index < -0.39 is 0 Å². The molecular weight excluding hydrogens is 410 g/mol. The van der Waals surface area contributed by atoms with Crippen molar-refractivity contribution in [3.8, 4) is 11.5 Å². The van der Waals surface area contributed by atoms with E-state index in [1.165, 1.54) is 5.56 Å². The van der Waals surface area contributed by atoms with Crippen LogP contribution in [0.4, 0.5) is 0 Å². The molecule has 2 aromatic rings. The van der Waals surface area contributed by atoms with Gasteiger partial charge >= 0.3 is 0 Å². The summed E-state index contributed by atoms with van der Waals surface area (Å²) in [5.74, 6) is 1.67. The molecule has 0 spiro atoms. The molecule has 1 N–H and O–H groups in total. The van der Waals surface area contributed by atoms with E-state index in [4.69, 9.17) is 9.47 Å². The van der Waals surface area contributed by atoms with E-state index in [0.29, 0.717) is 6.54 Å². The van der Waals surface area contributed by atoms with Crippen LogP contribution in [0.3, 0.4) is 0 Å². The van der Waals surface area contributed by atoms with Gasteiger partial charge in [-0.15, -0.1) is 0 Å². The summed E-state index contributed by atoms with van der Waals surface area (Å²) in [7, 11) is 0. The number of benzene rings is 2. The number of hydrogen-bond donors (Lipinski definition) is 1. The van der Waals surface area contributed by atoms with Crippen molar-refractivity contribution in [2.75, 3.05) is 6.54 Å². The molecule has 0 saturated carbocycles. The van der Waals surface area contributed by atoms with Gasteiger partial charge in [0.15, 0.2) is 0 Å². The first-order chi connectivity index (χ1) is 15.6. The van der Waals surface area contributed by atoms with Crippen LogP contribution >= 0.6 is 0 Å². The fourth-order valence-corrected chi connectivity index (χ4v) is 3.11. The number of hydrogen-bond acceptors (Lipinski definition) is 3. The molecule has 0 saturated heterocycles. The van der Waals surface area contributed by atoms with Gasteiger partial charge in [0, 0.05) is 18.7 Å². The average Bonchev–Trinajstić information content (AvgIpc) is 2.79. The van der Waals surface area contributed by atoms with Crippen molar-refractivity contribution in [2.24, 2.45) is 0 Å². The van der Waals surface area contributed by atoms with Gasteiger partial charge in [-0.3, -0.25) is 4.79 Å². The Balaban J connectivity index is 1.91. The number of ether oxygens (including phenoxy) is 2. The maximum atomic E-state index is 12.0. The summed E-state index contributed by atoms with van der Waals surface area (Å²) in [6.45, 7) is 13.3.